The van der Waals surface area contributed by atoms with Gasteiger partial charge in [0.15, 0.2) is 0 Å². The van der Waals surface area contributed by atoms with Gasteiger partial charge >= 0.3 is 0 Å². The standard InChI is InChI=1S/C61H50N2/c1-60(2,3)46-30-24-42(25-31-46)44-29-37-59-54(38-44)53-21-13-15-23-58(53)63(59)57-22-14-12-20-50(57)43-26-32-48(33-27-43)62(47-18-10-7-11-19-47)49-34-36-52-51-35-28-45(41-16-8-6-9-17-41)39-55(51)61(4,5)56(52)40-49/h6-40H,1-5H3. The Morgan fingerprint density at radius 2 is 0.905 bits per heavy atom. The third-order valence-electron chi connectivity index (χ3n) is 13.4. The third-order valence-corrected chi connectivity index (χ3v) is 13.4. The number of fused-ring (bicyclic) bond motifs is 6. The summed E-state index contributed by atoms with van der Waals surface area (Å²) in [6.45, 7) is 11.5. The van der Waals surface area contributed by atoms with E-state index in [2.05, 4.69) is 256 Å². The minimum atomic E-state index is -0.159. The maximum atomic E-state index is 2.45. The van der Waals surface area contributed by atoms with Crippen LogP contribution in [0.25, 0.3) is 72.0 Å². The molecule has 9 aromatic carbocycles. The average Bonchev–Trinajstić information content (AvgIpc) is 3.77. The van der Waals surface area contributed by atoms with Gasteiger partial charge in [-0.15, -0.1) is 0 Å². The van der Waals surface area contributed by atoms with E-state index in [0.717, 1.165) is 22.7 Å². The maximum Gasteiger partial charge on any atom is 0.0541 e. The molecule has 0 N–H and O–H groups in total. The van der Waals surface area contributed by atoms with E-state index in [1.807, 2.05) is 0 Å². The van der Waals surface area contributed by atoms with Crippen LogP contribution in [0.5, 0.6) is 0 Å². The molecule has 1 aliphatic carbocycles. The van der Waals surface area contributed by atoms with Crippen molar-refractivity contribution in [1.29, 1.82) is 0 Å². The predicted molar refractivity (Wildman–Crippen MR) is 268 cm³/mol. The molecule has 0 fully saturated rings. The molecule has 0 saturated heterocycles. The molecule has 1 aromatic heterocycles. The van der Waals surface area contributed by atoms with E-state index >= 15 is 0 Å². The SMILES string of the molecule is CC(C)(C)c1ccc(-c2ccc3c(c2)c2ccccc2n3-c2ccccc2-c2ccc(N(c3ccccc3)c3ccc4c(c3)C(C)(C)c3cc(-c5ccccc5)ccc3-4)cc2)cc1. The van der Waals surface area contributed by atoms with Crippen LogP contribution in [0.2, 0.25) is 0 Å². The zero-order valence-electron chi connectivity index (χ0n) is 36.6. The summed E-state index contributed by atoms with van der Waals surface area (Å²) in [5, 5.41) is 2.51. The second-order valence-electron chi connectivity index (χ2n) is 18.6. The fourth-order valence-corrected chi connectivity index (χ4v) is 9.98. The zero-order chi connectivity index (χ0) is 42.9. The Labute approximate surface area is 371 Å². The smallest absolute Gasteiger partial charge is 0.0541 e. The van der Waals surface area contributed by atoms with Crippen molar-refractivity contribution >= 4 is 38.9 Å². The van der Waals surface area contributed by atoms with Crippen molar-refractivity contribution in [2.75, 3.05) is 4.90 Å². The minimum Gasteiger partial charge on any atom is -0.310 e. The summed E-state index contributed by atoms with van der Waals surface area (Å²) in [6, 6.07) is 78.3. The second kappa shape index (κ2) is 14.9. The van der Waals surface area contributed by atoms with Crippen molar-refractivity contribution in [3.05, 3.63) is 229 Å². The van der Waals surface area contributed by atoms with Gasteiger partial charge in [0.1, 0.15) is 0 Å². The van der Waals surface area contributed by atoms with E-state index in [0.29, 0.717) is 0 Å². The number of para-hydroxylation sites is 3. The summed E-state index contributed by atoms with van der Waals surface area (Å²) in [5.41, 5.74) is 20.9. The highest BCUT2D eigenvalue weighted by molar-refractivity contribution is 6.11. The Balaban J connectivity index is 0.972. The number of anilines is 3. The molecule has 0 bridgehead atoms. The van der Waals surface area contributed by atoms with Gasteiger partial charge in [0.05, 0.1) is 16.7 Å². The Kier molecular flexibility index (Phi) is 9.10. The fourth-order valence-electron chi connectivity index (χ4n) is 9.98. The largest absolute Gasteiger partial charge is 0.310 e. The van der Waals surface area contributed by atoms with E-state index in [4.69, 9.17) is 0 Å². The van der Waals surface area contributed by atoms with Gasteiger partial charge in [0.25, 0.3) is 0 Å². The van der Waals surface area contributed by atoms with Gasteiger partial charge in [-0.05, 0) is 128 Å². The van der Waals surface area contributed by atoms with Crippen LogP contribution in [-0.2, 0) is 10.8 Å². The topological polar surface area (TPSA) is 8.17 Å². The highest BCUT2D eigenvalue weighted by atomic mass is 15.1. The maximum absolute atomic E-state index is 2.45. The van der Waals surface area contributed by atoms with Crippen molar-refractivity contribution in [3.63, 3.8) is 0 Å². The molecule has 1 heterocycles. The Morgan fingerprint density at radius 1 is 0.381 bits per heavy atom. The lowest BCUT2D eigenvalue weighted by molar-refractivity contribution is 0.590. The van der Waals surface area contributed by atoms with Crippen LogP contribution < -0.4 is 4.90 Å². The van der Waals surface area contributed by atoms with Crippen LogP contribution in [-0.4, -0.2) is 4.57 Å². The molecule has 2 nitrogen and oxygen atoms in total. The van der Waals surface area contributed by atoms with Gasteiger partial charge in [0, 0.05) is 38.8 Å². The van der Waals surface area contributed by atoms with Gasteiger partial charge in [0.2, 0.25) is 0 Å². The van der Waals surface area contributed by atoms with Crippen molar-refractivity contribution in [2.24, 2.45) is 0 Å². The van der Waals surface area contributed by atoms with Crippen LogP contribution in [0.15, 0.2) is 212 Å². The van der Waals surface area contributed by atoms with E-state index in [1.165, 1.54) is 83.0 Å². The number of hydrogen-bond donors (Lipinski definition) is 0. The van der Waals surface area contributed by atoms with Crippen molar-refractivity contribution in [3.8, 4) is 50.2 Å². The molecule has 0 atom stereocenters. The fraction of sp³-hybridized carbons (Fsp3) is 0.115. The molecular formula is C61H50N2. The molecule has 1 aliphatic rings. The lowest BCUT2D eigenvalue weighted by Gasteiger charge is -2.28. The van der Waals surface area contributed by atoms with E-state index in [1.54, 1.807) is 0 Å². The van der Waals surface area contributed by atoms with E-state index in [9.17, 15) is 0 Å². The number of aromatic nitrogens is 1. The molecule has 0 radical (unpaired) electrons. The first-order chi connectivity index (χ1) is 30.6. The lowest BCUT2D eigenvalue weighted by atomic mass is 9.81. The summed E-state index contributed by atoms with van der Waals surface area (Å²) < 4.78 is 2.45. The Morgan fingerprint density at radius 3 is 1.65 bits per heavy atom. The van der Waals surface area contributed by atoms with Gasteiger partial charge in [-0.3, -0.25) is 0 Å². The predicted octanol–water partition coefficient (Wildman–Crippen LogP) is 16.9. The third kappa shape index (κ3) is 6.57. The molecule has 0 unspecified atom stereocenters. The molecule has 0 saturated carbocycles. The number of nitrogens with zero attached hydrogens (tertiary/aromatic N) is 2. The Hall–Kier alpha value is -7.42. The number of rotatable bonds is 7. The molecule has 2 heteroatoms. The molecule has 0 amide bonds. The van der Waals surface area contributed by atoms with E-state index < -0.39 is 0 Å². The summed E-state index contributed by atoms with van der Waals surface area (Å²) in [4.78, 5) is 2.39. The quantitative estimate of drug-likeness (QED) is 0.156. The molecule has 63 heavy (non-hydrogen) atoms. The molecule has 304 valence electrons. The van der Waals surface area contributed by atoms with Crippen molar-refractivity contribution in [2.45, 2.75) is 45.4 Å². The monoisotopic (exact) mass is 810 g/mol. The van der Waals surface area contributed by atoms with Crippen LogP contribution in [0.4, 0.5) is 17.1 Å². The first-order valence-electron chi connectivity index (χ1n) is 22.2. The average molecular weight is 811 g/mol. The van der Waals surface area contributed by atoms with Crippen LogP contribution in [0.3, 0.4) is 0 Å². The summed E-state index contributed by atoms with van der Waals surface area (Å²) in [7, 11) is 0. The lowest BCUT2D eigenvalue weighted by Crippen LogP contribution is -2.16. The first kappa shape index (κ1) is 38.5. The van der Waals surface area contributed by atoms with Crippen LogP contribution in [0, 0.1) is 0 Å². The minimum absolute atomic E-state index is 0.118. The van der Waals surface area contributed by atoms with Gasteiger partial charge in [-0.25, -0.2) is 0 Å². The normalized spacial score (nSPS) is 13.0. The number of benzene rings is 9. The second-order valence-corrected chi connectivity index (χ2v) is 18.6. The van der Waals surface area contributed by atoms with Gasteiger partial charge in [-0.1, -0.05) is 180 Å². The van der Waals surface area contributed by atoms with Crippen molar-refractivity contribution < 1.29 is 0 Å². The molecule has 0 spiro atoms. The van der Waals surface area contributed by atoms with Crippen LogP contribution in [0.1, 0.15) is 51.3 Å². The molecule has 11 rings (SSSR count). The van der Waals surface area contributed by atoms with Crippen LogP contribution >= 0.6 is 0 Å². The summed E-state index contributed by atoms with van der Waals surface area (Å²) in [5.74, 6) is 0. The van der Waals surface area contributed by atoms with Gasteiger partial charge in [-0.2, -0.15) is 0 Å². The highest BCUT2D eigenvalue weighted by Crippen LogP contribution is 2.52. The molecule has 10 aromatic rings. The summed E-state index contributed by atoms with van der Waals surface area (Å²) in [6.07, 6.45) is 0. The number of hydrogen-bond acceptors (Lipinski definition) is 1. The molecule has 0 aliphatic heterocycles. The zero-order valence-corrected chi connectivity index (χ0v) is 36.6. The molecular weight excluding hydrogens is 761 g/mol. The Bertz CT molecular complexity index is 3310. The first-order valence-corrected chi connectivity index (χ1v) is 22.2. The summed E-state index contributed by atoms with van der Waals surface area (Å²) >= 11 is 0. The van der Waals surface area contributed by atoms with E-state index in [-0.39, 0.29) is 10.8 Å². The van der Waals surface area contributed by atoms with Crippen molar-refractivity contribution in [1.82, 2.24) is 4.57 Å². The van der Waals surface area contributed by atoms with Gasteiger partial charge < -0.3 is 9.47 Å². The highest BCUT2D eigenvalue weighted by Gasteiger charge is 2.36.